The van der Waals surface area contributed by atoms with Crippen LogP contribution in [-0.4, -0.2) is 0 Å². The van der Waals surface area contributed by atoms with Crippen LogP contribution >= 0.6 is 12.4 Å². The van der Waals surface area contributed by atoms with Crippen LogP contribution in [-0.2, 0) is 0 Å². The van der Waals surface area contributed by atoms with E-state index in [9.17, 15) is 0 Å². The van der Waals surface area contributed by atoms with Crippen LogP contribution in [0.3, 0.4) is 0 Å². The molecule has 0 fully saturated rings. The lowest BCUT2D eigenvalue weighted by atomic mass is 9.99. The highest BCUT2D eigenvalue weighted by atomic mass is 35.5. The van der Waals surface area contributed by atoms with Crippen molar-refractivity contribution < 1.29 is 0 Å². The highest BCUT2D eigenvalue weighted by molar-refractivity contribution is 5.85. The van der Waals surface area contributed by atoms with E-state index in [4.69, 9.17) is 11.0 Å². The van der Waals surface area contributed by atoms with Crippen molar-refractivity contribution in [2.75, 3.05) is 0 Å². The van der Waals surface area contributed by atoms with Crippen molar-refractivity contribution in [1.29, 1.82) is 5.26 Å². The third kappa shape index (κ3) is 2.88. The molecule has 0 aromatic heterocycles. The molecule has 1 atom stereocenters. The van der Waals surface area contributed by atoms with Crippen LogP contribution in [0.25, 0.3) is 0 Å². The van der Waals surface area contributed by atoms with Crippen molar-refractivity contribution in [2.24, 2.45) is 5.73 Å². The van der Waals surface area contributed by atoms with Crippen molar-refractivity contribution in [3.05, 3.63) is 48.0 Å². The fourth-order valence-corrected chi connectivity index (χ4v) is 1.23. The largest absolute Gasteiger partial charge is 0.324 e. The molecule has 0 bridgehead atoms. The average Bonchev–Trinajstić information content (AvgIpc) is 2.18. The summed E-state index contributed by atoms with van der Waals surface area (Å²) in [5.74, 6) is 0. The van der Waals surface area contributed by atoms with E-state index in [-0.39, 0.29) is 18.4 Å². The zero-order valence-corrected chi connectivity index (χ0v) is 8.63. The molecule has 1 rings (SSSR count). The molecule has 0 aliphatic rings. The lowest BCUT2D eigenvalue weighted by molar-refractivity contribution is 0.739. The lowest BCUT2D eigenvalue weighted by Gasteiger charge is -2.10. The second-order valence-electron chi connectivity index (χ2n) is 2.83. The number of rotatable bonds is 3. The van der Waals surface area contributed by atoms with Gasteiger partial charge in [0.25, 0.3) is 0 Å². The van der Waals surface area contributed by atoms with Gasteiger partial charge >= 0.3 is 0 Å². The van der Waals surface area contributed by atoms with Crippen molar-refractivity contribution in [3.8, 4) is 6.07 Å². The molecule has 2 N–H and O–H groups in total. The van der Waals surface area contributed by atoms with Gasteiger partial charge in [-0.3, -0.25) is 0 Å². The highest BCUT2D eigenvalue weighted by Crippen LogP contribution is 2.17. The van der Waals surface area contributed by atoms with E-state index in [0.29, 0.717) is 12.0 Å². The molecule has 2 nitrogen and oxygen atoms in total. The Hall–Kier alpha value is -1.30. The first-order chi connectivity index (χ1) is 6.29. The molecular formula is C11H13ClN2. The van der Waals surface area contributed by atoms with Gasteiger partial charge in [0.1, 0.15) is 0 Å². The van der Waals surface area contributed by atoms with E-state index in [1.165, 1.54) is 0 Å². The third-order valence-corrected chi connectivity index (χ3v) is 1.90. The molecule has 0 aliphatic heterocycles. The zero-order chi connectivity index (χ0) is 9.68. The summed E-state index contributed by atoms with van der Waals surface area (Å²) in [6, 6.07) is 9.39. The smallest absolute Gasteiger partial charge is 0.0995 e. The number of hydrogen-bond donors (Lipinski definition) is 1. The van der Waals surface area contributed by atoms with Crippen molar-refractivity contribution in [2.45, 2.75) is 12.5 Å². The Balaban J connectivity index is 0.00000169. The van der Waals surface area contributed by atoms with E-state index in [2.05, 4.69) is 12.6 Å². The van der Waals surface area contributed by atoms with Crippen LogP contribution < -0.4 is 5.73 Å². The molecule has 1 aromatic rings. The monoisotopic (exact) mass is 208 g/mol. The minimum atomic E-state index is -0.117. The predicted molar refractivity (Wildman–Crippen MR) is 60.1 cm³/mol. The molecule has 0 spiro atoms. The van der Waals surface area contributed by atoms with Crippen molar-refractivity contribution in [3.63, 3.8) is 0 Å². The van der Waals surface area contributed by atoms with Gasteiger partial charge in [-0.25, -0.2) is 0 Å². The second kappa shape index (κ2) is 6.20. The van der Waals surface area contributed by atoms with E-state index in [0.717, 1.165) is 5.56 Å². The maximum Gasteiger partial charge on any atom is 0.0995 e. The average molecular weight is 209 g/mol. The Morgan fingerprint density at radius 3 is 2.71 bits per heavy atom. The Bertz CT molecular complexity index is 341. The quantitative estimate of drug-likeness (QED) is 0.777. The van der Waals surface area contributed by atoms with Gasteiger partial charge in [0.05, 0.1) is 11.6 Å². The molecule has 0 radical (unpaired) electrons. The first-order valence-corrected chi connectivity index (χ1v) is 4.15. The SMILES string of the molecule is C=CC[C@H](N)c1ccccc1C#N.Cl. The first kappa shape index (κ1) is 12.7. The van der Waals surface area contributed by atoms with Gasteiger partial charge < -0.3 is 5.73 Å². The molecule has 1 aromatic carbocycles. The fraction of sp³-hybridized carbons (Fsp3) is 0.182. The van der Waals surface area contributed by atoms with Crippen LogP contribution in [0.15, 0.2) is 36.9 Å². The van der Waals surface area contributed by atoms with E-state index >= 15 is 0 Å². The summed E-state index contributed by atoms with van der Waals surface area (Å²) >= 11 is 0. The molecule has 0 aliphatic carbocycles. The number of nitrogens with two attached hydrogens (primary N) is 1. The first-order valence-electron chi connectivity index (χ1n) is 4.15. The number of benzene rings is 1. The topological polar surface area (TPSA) is 49.8 Å². The summed E-state index contributed by atoms with van der Waals surface area (Å²) in [5.41, 5.74) is 7.40. The van der Waals surface area contributed by atoms with Gasteiger partial charge in [0, 0.05) is 6.04 Å². The second-order valence-corrected chi connectivity index (χ2v) is 2.83. The Morgan fingerprint density at radius 1 is 1.50 bits per heavy atom. The maximum atomic E-state index is 8.80. The Kier molecular flexibility index (Phi) is 5.62. The van der Waals surface area contributed by atoms with Gasteiger partial charge in [-0.1, -0.05) is 24.3 Å². The van der Waals surface area contributed by atoms with Gasteiger partial charge in [-0.15, -0.1) is 19.0 Å². The minimum absolute atomic E-state index is 0. The number of nitriles is 1. The summed E-state index contributed by atoms with van der Waals surface area (Å²) in [6.45, 7) is 3.62. The highest BCUT2D eigenvalue weighted by Gasteiger charge is 2.07. The molecule has 0 saturated carbocycles. The van der Waals surface area contributed by atoms with E-state index in [1.807, 2.05) is 18.2 Å². The molecule has 0 amide bonds. The summed E-state index contributed by atoms with van der Waals surface area (Å²) in [5, 5.41) is 8.80. The molecular weight excluding hydrogens is 196 g/mol. The van der Waals surface area contributed by atoms with Gasteiger partial charge in [-0.05, 0) is 18.1 Å². The molecule has 0 saturated heterocycles. The maximum absolute atomic E-state index is 8.80. The summed E-state index contributed by atoms with van der Waals surface area (Å²) < 4.78 is 0. The normalized spacial score (nSPS) is 10.9. The zero-order valence-electron chi connectivity index (χ0n) is 7.81. The molecule has 74 valence electrons. The van der Waals surface area contributed by atoms with Gasteiger partial charge in [-0.2, -0.15) is 5.26 Å². The molecule has 0 heterocycles. The van der Waals surface area contributed by atoms with Crippen molar-refractivity contribution in [1.82, 2.24) is 0 Å². The van der Waals surface area contributed by atoms with Crippen LogP contribution in [0, 0.1) is 11.3 Å². The predicted octanol–water partition coefficient (Wildman–Crippen LogP) is 2.56. The van der Waals surface area contributed by atoms with E-state index in [1.54, 1.807) is 12.1 Å². The standard InChI is InChI=1S/C11H12N2.ClH/c1-2-5-11(13)10-7-4-3-6-9(10)8-12;/h2-4,6-7,11H,1,5,13H2;1H/t11-;/m0./s1. The number of hydrogen-bond acceptors (Lipinski definition) is 2. The van der Waals surface area contributed by atoms with Crippen molar-refractivity contribution >= 4 is 12.4 Å². The fourth-order valence-electron chi connectivity index (χ4n) is 1.23. The van der Waals surface area contributed by atoms with Gasteiger partial charge in [0.15, 0.2) is 0 Å². The third-order valence-electron chi connectivity index (χ3n) is 1.90. The minimum Gasteiger partial charge on any atom is -0.324 e. The summed E-state index contributed by atoms with van der Waals surface area (Å²) in [4.78, 5) is 0. The number of halogens is 1. The van der Waals surface area contributed by atoms with Crippen LogP contribution in [0.1, 0.15) is 23.6 Å². The number of nitrogens with zero attached hydrogens (tertiary/aromatic N) is 1. The van der Waals surface area contributed by atoms with Gasteiger partial charge in [0.2, 0.25) is 0 Å². The van der Waals surface area contributed by atoms with Crippen LogP contribution in [0.5, 0.6) is 0 Å². The Labute approximate surface area is 90.5 Å². The summed E-state index contributed by atoms with van der Waals surface area (Å²) in [6.07, 6.45) is 2.46. The molecule has 14 heavy (non-hydrogen) atoms. The summed E-state index contributed by atoms with van der Waals surface area (Å²) in [7, 11) is 0. The lowest BCUT2D eigenvalue weighted by Crippen LogP contribution is -2.10. The molecule has 0 unspecified atom stereocenters. The van der Waals surface area contributed by atoms with Crippen LogP contribution in [0.2, 0.25) is 0 Å². The molecule has 3 heteroatoms. The Morgan fingerprint density at radius 2 is 2.14 bits per heavy atom. The van der Waals surface area contributed by atoms with E-state index < -0.39 is 0 Å². The van der Waals surface area contributed by atoms with Crippen LogP contribution in [0.4, 0.5) is 0 Å².